The van der Waals surface area contributed by atoms with Crippen LogP contribution in [-0.4, -0.2) is 19.3 Å². The molecule has 1 aliphatic rings. The Morgan fingerprint density at radius 2 is 2.20 bits per heavy atom. The summed E-state index contributed by atoms with van der Waals surface area (Å²) in [4.78, 5) is 0. The zero-order valence-corrected chi connectivity index (χ0v) is 11.2. The SMILES string of the molecule is NNC(CCC1CCCO1)c1ccccc1OC(F)F. The summed E-state index contributed by atoms with van der Waals surface area (Å²) in [6.45, 7) is -2.04. The summed E-state index contributed by atoms with van der Waals surface area (Å²) < 4.78 is 34.9. The van der Waals surface area contributed by atoms with Crippen LogP contribution in [0.5, 0.6) is 5.75 Å². The van der Waals surface area contributed by atoms with Crippen LogP contribution in [-0.2, 0) is 4.74 Å². The van der Waals surface area contributed by atoms with Gasteiger partial charge in [0, 0.05) is 18.2 Å². The second-order valence-electron chi connectivity index (χ2n) is 4.85. The number of hydrogen-bond acceptors (Lipinski definition) is 4. The molecule has 0 radical (unpaired) electrons. The molecule has 1 aromatic carbocycles. The largest absolute Gasteiger partial charge is 0.434 e. The minimum Gasteiger partial charge on any atom is -0.434 e. The molecule has 112 valence electrons. The summed E-state index contributed by atoms with van der Waals surface area (Å²) in [5, 5.41) is 0. The number of rotatable bonds is 7. The van der Waals surface area contributed by atoms with Gasteiger partial charge in [0.15, 0.2) is 0 Å². The van der Waals surface area contributed by atoms with Gasteiger partial charge in [0.05, 0.1) is 6.10 Å². The zero-order chi connectivity index (χ0) is 14.4. The highest BCUT2D eigenvalue weighted by Crippen LogP contribution is 2.30. The van der Waals surface area contributed by atoms with Gasteiger partial charge in [-0.05, 0) is 31.7 Å². The molecule has 1 heterocycles. The molecule has 0 spiro atoms. The topological polar surface area (TPSA) is 56.5 Å². The lowest BCUT2D eigenvalue weighted by Crippen LogP contribution is -2.29. The van der Waals surface area contributed by atoms with Crippen molar-refractivity contribution in [2.45, 2.75) is 44.4 Å². The van der Waals surface area contributed by atoms with Crippen LogP contribution >= 0.6 is 0 Å². The summed E-state index contributed by atoms with van der Waals surface area (Å²) in [6.07, 6.45) is 3.93. The number of nitrogens with two attached hydrogens (primary N) is 1. The predicted octanol–water partition coefficient (Wildman–Crippen LogP) is 2.75. The molecule has 1 aromatic rings. The molecule has 20 heavy (non-hydrogen) atoms. The number of halogens is 2. The van der Waals surface area contributed by atoms with Crippen LogP contribution in [0.1, 0.15) is 37.3 Å². The first-order valence-corrected chi connectivity index (χ1v) is 6.82. The van der Waals surface area contributed by atoms with Crippen molar-refractivity contribution in [1.82, 2.24) is 5.43 Å². The number of nitrogens with one attached hydrogen (secondary N) is 1. The van der Waals surface area contributed by atoms with E-state index in [4.69, 9.17) is 10.6 Å². The van der Waals surface area contributed by atoms with Crippen molar-refractivity contribution < 1.29 is 18.3 Å². The van der Waals surface area contributed by atoms with E-state index in [1.165, 1.54) is 6.07 Å². The number of para-hydroxylation sites is 1. The zero-order valence-electron chi connectivity index (χ0n) is 11.2. The lowest BCUT2D eigenvalue weighted by atomic mass is 9.99. The monoisotopic (exact) mass is 286 g/mol. The van der Waals surface area contributed by atoms with Gasteiger partial charge in [-0.3, -0.25) is 11.3 Å². The van der Waals surface area contributed by atoms with Gasteiger partial charge in [0.25, 0.3) is 0 Å². The fraction of sp³-hybridized carbons (Fsp3) is 0.571. The van der Waals surface area contributed by atoms with Crippen LogP contribution in [0.15, 0.2) is 24.3 Å². The molecule has 2 unspecified atom stereocenters. The van der Waals surface area contributed by atoms with Crippen LogP contribution in [0.3, 0.4) is 0 Å². The first-order valence-electron chi connectivity index (χ1n) is 6.82. The van der Waals surface area contributed by atoms with Crippen molar-refractivity contribution in [2.75, 3.05) is 6.61 Å². The number of ether oxygens (including phenoxy) is 2. The fourth-order valence-corrected chi connectivity index (χ4v) is 2.52. The summed E-state index contributed by atoms with van der Waals surface area (Å²) in [5.74, 6) is 5.72. The van der Waals surface area contributed by atoms with Crippen LogP contribution in [0.25, 0.3) is 0 Å². The maximum atomic E-state index is 12.4. The molecule has 4 nitrogen and oxygen atoms in total. The maximum absolute atomic E-state index is 12.4. The minimum absolute atomic E-state index is 0.165. The van der Waals surface area contributed by atoms with Crippen molar-refractivity contribution in [2.24, 2.45) is 5.84 Å². The Hall–Kier alpha value is -1.24. The summed E-state index contributed by atoms with van der Waals surface area (Å²) in [5.41, 5.74) is 3.32. The molecule has 0 saturated carbocycles. The number of hydrazine groups is 1. The molecule has 3 N–H and O–H groups in total. The molecule has 0 aromatic heterocycles. The van der Waals surface area contributed by atoms with Crippen LogP contribution in [0.4, 0.5) is 8.78 Å². The molecular formula is C14H20F2N2O2. The van der Waals surface area contributed by atoms with Gasteiger partial charge in [-0.15, -0.1) is 0 Å². The van der Waals surface area contributed by atoms with E-state index in [1.807, 2.05) is 0 Å². The Labute approximate surface area is 117 Å². The standard InChI is InChI=1S/C14H20F2N2O2/c15-14(16)20-13-6-2-1-5-11(13)12(18-17)8-7-10-4-3-9-19-10/h1-2,5-6,10,12,14,18H,3-4,7-9,17H2. The third kappa shape index (κ3) is 4.13. The van der Waals surface area contributed by atoms with Crippen molar-refractivity contribution in [3.63, 3.8) is 0 Å². The third-order valence-electron chi connectivity index (χ3n) is 3.51. The normalized spacial score (nSPS) is 20.3. The quantitative estimate of drug-likeness (QED) is 0.598. The molecule has 0 bridgehead atoms. The first kappa shape index (κ1) is 15.2. The summed E-state index contributed by atoms with van der Waals surface area (Å²) in [7, 11) is 0. The molecule has 0 aliphatic carbocycles. The Morgan fingerprint density at radius 1 is 1.40 bits per heavy atom. The van der Waals surface area contributed by atoms with E-state index in [2.05, 4.69) is 10.2 Å². The summed E-state index contributed by atoms with van der Waals surface area (Å²) >= 11 is 0. The number of alkyl halides is 2. The highest BCUT2D eigenvalue weighted by molar-refractivity contribution is 5.35. The molecule has 2 rings (SSSR count). The molecule has 6 heteroatoms. The van der Waals surface area contributed by atoms with Gasteiger partial charge in [-0.1, -0.05) is 18.2 Å². The van der Waals surface area contributed by atoms with E-state index >= 15 is 0 Å². The van der Waals surface area contributed by atoms with Gasteiger partial charge in [-0.25, -0.2) is 0 Å². The van der Waals surface area contributed by atoms with Gasteiger partial charge in [-0.2, -0.15) is 8.78 Å². The van der Waals surface area contributed by atoms with Crippen molar-refractivity contribution in [3.05, 3.63) is 29.8 Å². The maximum Gasteiger partial charge on any atom is 0.387 e. The molecule has 1 aliphatic heterocycles. The van der Waals surface area contributed by atoms with E-state index in [1.54, 1.807) is 18.2 Å². The number of benzene rings is 1. The van der Waals surface area contributed by atoms with Crippen molar-refractivity contribution in [3.8, 4) is 5.75 Å². The Balaban J connectivity index is 2.01. The molecule has 2 atom stereocenters. The van der Waals surface area contributed by atoms with Crippen molar-refractivity contribution >= 4 is 0 Å². The molecule has 1 saturated heterocycles. The van der Waals surface area contributed by atoms with E-state index in [9.17, 15) is 8.78 Å². The average molecular weight is 286 g/mol. The minimum atomic E-state index is -2.84. The smallest absolute Gasteiger partial charge is 0.387 e. The second kappa shape index (κ2) is 7.52. The average Bonchev–Trinajstić information content (AvgIpc) is 2.94. The van der Waals surface area contributed by atoms with Crippen LogP contribution in [0, 0.1) is 0 Å². The molecular weight excluding hydrogens is 266 g/mol. The lowest BCUT2D eigenvalue weighted by molar-refractivity contribution is -0.0507. The first-order chi connectivity index (χ1) is 9.70. The van der Waals surface area contributed by atoms with Gasteiger partial charge in [0.2, 0.25) is 0 Å². The van der Waals surface area contributed by atoms with Gasteiger partial charge < -0.3 is 9.47 Å². The van der Waals surface area contributed by atoms with E-state index < -0.39 is 6.61 Å². The molecule has 1 fully saturated rings. The molecule has 0 amide bonds. The Bertz CT molecular complexity index is 412. The number of hydrogen-bond donors (Lipinski definition) is 2. The third-order valence-corrected chi connectivity index (χ3v) is 3.51. The van der Waals surface area contributed by atoms with Gasteiger partial charge >= 0.3 is 6.61 Å². The Morgan fingerprint density at radius 3 is 2.85 bits per heavy atom. The lowest BCUT2D eigenvalue weighted by Gasteiger charge is -2.21. The van der Waals surface area contributed by atoms with Crippen LogP contribution in [0.2, 0.25) is 0 Å². The Kier molecular flexibility index (Phi) is 5.70. The highest BCUT2D eigenvalue weighted by atomic mass is 19.3. The second-order valence-corrected chi connectivity index (χ2v) is 4.85. The van der Waals surface area contributed by atoms with Gasteiger partial charge in [0.1, 0.15) is 5.75 Å². The van der Waals surface area contributed by atoms with E-state index in [-0.39, 0.29) is 17.9 Å². The van der Waals surface area contributed by atoms with Crippen molar-refractivity contribution in [1.29, 1.82) is 0 Å². The van der Waals surface area contributed by atoms with E-state index in [0.29, 0.717) is 12.0 Å². The van der Waals surface area contributed by atoms with E-state index in [0.717, 1.165) is 25.9 Å². The summed E-state index contributed by atoms with van der Waals surface area (Å²) in [6, 6.07) is 6.49. The predicted molar refractivity (Wildman–Crippen MR) is 71.3 cm³/mol. The fourth-order valence-electron chi connectivity index (χ4n) is 2.52. The van der Waals surface area contributed by atoms with Crippen LogP contribution < -0.4 is 16.0 Å². The highest BCUT2D eigenvalue weighted by Gasteiger charge is 2.21.